The second-order valence-electron chi connectivity index (χ2n) is 4.22. The predicted molar refractivity (Wildman–Crippen MR) is 67.0 cm³/mol. The molecule has 1 heterocycles. The summed E-state index contributed by atoms with van der Waals surface area (Å²) >= 11 is 6.20. The third-order valence-corrected chi connectivity index (χ3v) is 6.63. The highest BCUT2D eigenvalue weighted by Gasteiger charge is 2.25. The van der Waals surface area contributed by atoms with Crippen molar-refractivity contribution in [3.8, 4) is 0 Å². The lowest BCUT2D eigenvalue weighted by Gasteiger charge is -2.27. The van der Waals surface area contributed by atoms with Crippen LogP contribution in [0.3, 0.4) is 0 Å². The lowest BCUT2D eigenvalue weighted by Crippen LogP contribution is -2.29. The Kier molecular flexibility index (Phi) is 3.84. The van der Waals surface area contributed by atoms with E-state index in [2.05, 4.69) is 19.1 Å². The minimum Gasteiger partial charge on any atom is -0.419 e. The van der Waals surface area contributed by atoms with E-state index in [0.29, 0.717) is 5.54 Å². The zero-order chi connectivity index (χ0) is 10.7. The van der Waals surface area contributed by atoms with Crippen LogP contribution in [-0.2, 0) is 4.43 Å². The van der Waals surface area contributed by atoms with Gasteiger partial charge in [-0.1, -0.05) is 43.1 Å². The molecule has 1 fully saturated rings. The number of rotatable bonds is 2. The largest absolute Gasteiger partial charge is 0.419 e. The quantitative estimate of drug-likeness (QED) is 0.719. The maximum atomic E-state index is 6.20. The van der Waals surface area contributed by atoms with Gasteiger partial charge in [-0.15, -0.1) is 0 Å². The molecule has 1 aliphatic rings. The van der Waals surface area contributed by atoms with E-state index in [4.69, 9.17) is 16.0 Å². The van der Waals surface area contributed by atoms with Gasteiger partial charge in [0.1, 0.15) is 0 Å². The minimum absolute atomic E-state index is 0.541. The van der Waals surface area contributed by atoms with Crippen LogP contribution in [0.15, 0.2) is 24.3 Å². The lowest BCUT2D eigenvalue weighted by molar-refractivity contribution is 0.281. The van der Waals surface area contributed by atoms with Crippen LogP contribution in [-0.4, -0.2) is 15.6 Å². The molecule has 1 aliphatic heterocycles. The molecule has 0 bridgehead atoms. The van der Waals surface area contributed by atoms with Crippen molar-refractivity contribution in [2.75, 3.05) is 6.61 Å². The topological polar surface area (TPSA) is 9.23 Å². The highest BCUT2D eigenvalue weighted by Crippen LogP contribution is 2.30. The molecule has 0 radical (unpaired) electrons. The van der Waals surface area contributed by atoms with Gasteiger partial charge < -0.3 is 4.43 Å². The van der Waals surface area contributed by atoms with Crippen molar-refractivity contribution in [1.29, 1.82) is 0 Å². The van der Waals surface area contributed by atoms with Crippen LogP contribution in [0.4, 0.5) is 0 Å². The van der Waals surface area contributed by atoms with E-state index in [9.17, 15) is 0 Å². The maximum absolute atomic E-state index is 6.20. The SMILES string of the molecule is CC(c1ccccc1Cl)[SiH]1CCCCO1. The fraction of sp³-hybridized carbons (Fsp3) is 0.500. The second-order valence-corrected chi connectivity index (χ2v) is 7.61. The zero-order valence-corrected chi connectivity index (χ0v) is 11.0. The Morgan fingerprint density at radius 3 is 2.80 bits per heavy atom. The van der Waals surface area contributed by atoms with E-state index in [1.807, 2.05) is 12.1 Å². The van der Waals surface area contributed by atoms with E-state index < -0.39 is 9.04 Å². The highest BCUT2D eigenvalue weighted by molar-refractivity contribution is 6.54. The molecule has 2 atom stereocenters. The van der Waals surface area contributed by atoms with E-state index in [0.717, 1.165) is 11.6 Å². The van der Waals surface area contributed by atoms with Gasteiger partial charge >= 0.3 is 0 Å². The first-order chi connectivity index (χ1) is 7.29. The van der Waals surface area contributed by atoms with Crippen LogP contribution in [0.1, 0.15) is 30.9 Å². The van der Waals surface area contributed by atoms with Crippen molar-refractivity contribution in [3.63, 3.8) is 0 Å². The predicted octanol–water partition coefficient (Wildman–Crippen LogP) is 3.52. The van der Waals surface area contributed by atoms with Gasteiger partial charge in [-0.2, -0.15) is 0 Å². The van der Waals surface area contributed by atoms with Crippen LogP contribution < -0.4 is 0 Å². The molecule has 1 nitrogen and oxygen atoms in total. The zero-order valence-electron chi connectivity index (χ0n) is 9.08. The standard InChI is InChI=1S/C12H17ClOSi/c1-10(15-9-5-4-8-14-15)11-6-2-3-7-12(11)13/h2-3,6-7,10,15H,4-5,8-9H2,1H3. The molecule has 15 heavy (non-hydrogen) atoms. The number of hydrogen-bond donors (Lipinski definition) is 0. The summed E-state index contributed by atoms with van der Waals surface area (Å²) in [4.78, 5) is 0. The molecule has 3 heteroatoms. The van der Waals surface area contributed by atoms with Crippen molar-refractivity contribution < 1.29 is 4.43 Å². The third kappa shape index (κ3) is 2.62. The Balaban J connectivity index is 2.12. The Bertz CT molecular complexity index is 323. The monoisotopic (exact) mass is 240 g/mol. The summed E-state index contributed by atoms with van der Waals surface area (Å²) in [5.74, 6) is 0. The van der Waals surface area contributed by atoms with Gasteiger partial charge in [0.15, 0.2) is 9.04 Å². The highest BCUT2D eigenvalue weighted by atomic mass is 35.5. The van der Waals surface area contributed by atoms with E-state index in [-0.39, 0.29) is 0 Å². The van der Waals surface area contributed by atoms with Crippen molar-refractivity contribution in [2.45, 2.75) is 31.4 Å². The summed E-state index contributed by atoms with van der Waals surface area (Å²) < 4.78 is 5.93. The average molecular weight is 241 g/mol. The molecule has 0 aliphatic carbocycles. The fourth-order valence-electron chi connectivity index (χ4n) is 2.20. The Morgan fingerprint density at radius 2 is 2.13 bits per heavy atom. The molecular weight excluding hydrogens is 224 g/mol. The molecule has 0 aromatic heterocycles. The number of halogens is 1. The van der Waals surface area contributed by atoms with Crippen molar-refractivity contribution in [1.82, 2.24) is 0 Å². The Labute approximate surface area is 98.1 Å². The molecule has 1 aromatic carbocycles. The van der Waals surface area contributed by atoms with Crippen molar-refractivity contribution in [3.05, 3.63) is 34.9 Å². The average Bonchev–Trinajstić information content (AvgIpc) is 2.30. The molecule has 82 valence electrons. The molecule has 0 spiro atoms. The van der Waals surface area contributed by atoms with Crippen molar-refractivity contribution >= 4 is 20.6 Å². The van der Waals surface area contributed by atoms with Crippen LogP contribution in [0.5, 0.6) is 0 Å². The number of benzene rings is 1. The summed E-state index contributed by atoms with van der Waals surface area (Å²) in [7, 11) is -1.06. The summed E-state index contributed by atoms with van der Waals surface area (Å²) in [6, 6.07) is 9.46. The van der Waals surface area contributed by atoms with Gasteiger partial charge in [-0.3, -0.25) is 0 Å². The summed E-state index contributed by atoms with van der Waals surface area (Å²) in [5, 5.41) is 0.895. The smallest absolute Gasteiger partial charge is 0.184 e. The summed E-state index contributed by atoms with van der Waals surface area (Å²) in [6.45, 7) is 3.23. The summed E-state index contributed by atoms with van der Waals surface area (Å²) in [6.07, 6.45) is 2.57. The van der Waals surface area contributed by atoms with Crippen LogP contribution in [0.25, 0.3) is 0 Å². The molecule has 1 saturated heterocycles. The van der Waals surface area contributed by atoms with E-state index in [1.54, 1.807) is 0 Å². The Morgan fingerprint density at radius 1 is 1.33 bits per heavy atom. The van der Waals surface area contributed by atoms with Gasteiger partial charge in [-0.25, -0.2) is 0 Å². The van der Waals surface area contributed by atoms with Crippen LogP contribution >= 0.6 is 11.6 Å². The molecular formula is C12H17ClOSi. The van der Waals surface area contributed by atoms with Gasteiger partial charge in [-0.05, 0) is 29.6 Å². The van der Waals surface area contributed by atoms with E-state index in [1.165, 1.54) is 24.4 Å². The van der Waals surface area contributed by atoms with Gasteiger partial charge in [0, 0.05) is 11.6 Å². The van der Waals surface area contributed by atoms with Crippen LogP contribution in [0.2, 0.25) is 11.1 Å². The molecule has 0 saturated carbocycles. The van der Waals surface area contributed by atoms with Gasteiger partial charge in [0.05, 0.1) is 0 Å². The molecule has 0 amide bonds. The third-order valence-electron chi connectivity index (χ3n) is 3.17. The Hall–Kier alpha value is -0.313. The summed E-state index contributed by atoms with van der Waals surface area (Å²) in [5.41, 5.74) is 1.82. The van der Waals surface area contributed by atoms with Crippen molar-refractivity contribution in [2.24, 2.45) is 0 Å². The van der Waals surface area contributed by atoms with Crippen LogP contribution in [0, 0.1) is 0 Å². The molecule has 2 unspecified atom stereocenters. The maximum Gasteiger partial charge on any atom is 0.184 e. The number of hydrogen-bond acceptors (Lipinski definition) is 1. The second kappa shape index (κ2) is 5.15. The van der Waals surface area contributed by atoms with Gasteiger partial charge in [0.2, 0.25) is 0 Å². The van der Waals surface area contributed by atoms with E-state index >= 15 is 0 Å². The fourth-order valence-corrected chi connectivity index (χ4v) is 5.43. The minimum atomic E-state index is -1.06. The van der Waals surface area contributed by atoms with Gasteiger partial charge in [0.25, 0.3) is 0 Å². The first-order valence-electron chi connectivity index (χ1n) is 5.65. The molecule has 1 aromatic rings. The lowest BCUT2D eigenvalue weighted by atomic mass is 10.2. The normalized spacial score (nSPS) is 23.7. The molecule has 0 N–H and O–H groups in total. The first-order valence-corrected chi connectivity index (χ1v) is 7.98. The molecule has 2 rings (SSSR count). The first kappa shape index (κ1) is 11.2.